The van der Waals surface area contributed by atoms with E-state index in [1.165, 1.54) is 6.07 Å². The largest absolute Gasteiger partial charge is 0.338 e. The highest BCUT2D eigenvalue weighted by Gasteiger charge is 2.17. The molecule has 0 unspecified atom stereocenters. The maximum atomic E-state index is 14.2. The first kappa shape index (κ1) is 13.8. The van der Waals surface area contributed by atoms with Gasteiger partial charge in [-0.3, -0.25) is 0 Å². The second kappa shape index (κ2) is 4.66. The SMILES string of the molecule is Cc1cccc(-c2nc3c(S(C)(=O)=O)cccc3[nH]2)c1F. The van der Waals surface area contributed by atoms with Gasteiger partial charge >= 0.3 is 0 Å². The molecule has 0 spiro atoms. The van der Waals surface area contributed by atoms with Crippen molar-refractivity contribution in [3.8, 4) is 11.4 Å². The summed E-state index contributed by atoms with van der Waals surface area (Å²) in [6.07, 6.45) is 1.13. The quantitative estimate of drug-likeness (QED) is 0.791. The monoisotopic (exact) mass is 304 g/mol. The van der Waals surface area contributed by atoms with Gasteiger partial charge in [-0.1, -0.05) is 18.2 Å². The van der Waals surface area contributed by atoms with E-state index in [2.05, 4.69) is 9.97 Å². The van der Waals surface area contributed by atoms with Crippen molar-refractivity contribution in [2.45, 2.75) is 11.8 Å². The Balaban J connectivity index is 2.30. The summed E-state index contributed by atoms with van der Waals surface area (Å²) in [7, 11) is -3.39. The van der Waals surface area contributed by atoms with Crippen molar-refractivity contribution in [1.29, 1.82) is 0 Å². The number of aromatic nitrogens is 2. The molecule has 0 saturated carbocycles. The molecule has 0 atom stereocenters. The third-order valence-corrected chi connectivity index (χ3v) is 4.45. The minimum atomic E-state index is -3.39. The molecular formula is C15H13FN2O2S. The van der Waals surface area contributed by atoms with Crippen molar-refractivity contribution < 1.29 is 12.8 Å². The molecule has 0 aliphatic carbocycles. The normalized spacial score (nSPS) is 12.0. The number of benzene rings is 2. The molecule has 3 aromatic rings. The number of nitrogens with one attached hydrogen (secondary N) is 1. The average Bonchev–Trinajstić information content (AvgIpc) is 2.84. The predicted octanol–water partition coefficient (Wildman–Crippen LogP) is 3.08. The van der Waals surface area contributed by atoms with E-state index >= 15 is 0 Å². The number of sulfone groups is 1. The minimum absolute atomic E-state index is 0.135. The van der Waals surface area contributed by atoms with Gasteiger partial charge in [-0.2, -0.15) is 0 Å². The summed E-state index contributed by atoms with van der Waals surface area (Å²) in [6, 6.07) is 9.86. The van der Waals surface area contributed by atoms with E-state index in [-0.39, 0.29) is 10.7 Å². The highest BCUT2D eigenvalue weighted by molar-refractivity contribution is 7.91. The first-order valence-electron chi connectivity index (χ1n) is 6.32. The second-order valence-corrected chi connectivity index (χ2v) is 6.93. The Hall–Kier alpha value is -2.21. The molecule has 0 amide bonds. The van der Waals surface area contributed by atoms with Gasteiger partial charge in [0.2, 0.25) is 0 Å². The number of rotatable bonds is 2. The number of aromatic amines is 1. The number of nitrogens with zero attached hydrogens (tertiary/aromatic N) is 1. The first-order chi connectivity index (χ1) is 9.88. The van der Waals surface area contributed by atoms with Crippen LogP contribution in [-0.4, -0.2) is 24.6 Å². The van der Waals surface area contributed by atoms with E-state index in [0.29, 0.717) is 28.0 Å². The van der Waals surface area contributed by atoms with Crippen LogP contribution in [0.25, 0.3) is 22.4 Å². The molecule has 1 heterocycles. The number of hydrogen-bond acceptors (Lipinski definition) is 3. The van der Waals surface area contributed by atoms with Gasteiger partial charge in [0.05, 0.1) is 16.0 Å². The molecule has 0 saturated heterocycles. The molecule has 0 bridgehead atoms. The smallest absolute Gasteiger partial charge is 0.177 e. The van der Waals surface area contributed by atoms with Gasteiger partial charge in [0.25, 0.3) is 0 Å². The summed E-state index contributed by atoms with van der Waals surface area (Å²) in [4.78, 5) is 7.39. The Morgan fingerprint density at radius 2 is 1.86 bits per heavy atom. The molecule has 0 aliphatic rings. The molecule has 1 aromatic heterocycles. The Labute approximate surface area is 121 Å². The van der Waals surface area contributed by atoms with Crippen LogP contribution in [0.2, 0.25) is 0 Å². The average molecular weight is 304 g/mol. The Morgan fingerprint density at radius 1 is 1.14 bits per heavy atom. The molecule has 6 heteroatoms. The highest BCUT2D eigenvalue weighted by atomic mass is 32.2. The maximum absolute atomic E-state index is 14.2. The summed E-state index contributed by atoms with van der Waals surface area (Å²) in [6.45, 7) is 1.67. The standard InChI is InChI=1S/C15H13FN2O2S/c1-9-5-3-6-10(13(9)16)15-17-11-7-4-8-12(14(11)18-15)21(2,19)20/h3-8H,1-2H3,(H,17,18). The highest BCUT2D eigenvalue weighted by Crippen LogP contribution is 2.27. The topological polar surface area (TPSA) is 62.8 Å². The zero-order chi connectivity index (χ0) is 15.2. The van der Waals surface area contributed by atoms with E-state index in [4.69, 9.17) is 0 Å². The molecule has 21 heavy (non-hydrogen) atoms. The Kier molecular flexibility index (Phi) is 3.06. The molecule has 1 N–H and O–H groups in total. The van der Waals surface area contributed by atoms with Gasteiger partial charge in [-0.15, -0.1) is 0 Å². The van der Waals surface area contributed by atoms with Crippen molar-refractivity contribution in [3.05, 3.63) is 47.8 Å². The number of hydrogen-bond donors (Lipinski definition) is 1. The van der Waals surface area contributed by atoms with E-state index in [0.717, 1.165) is 6.26 Å². The molecular weight excluding hydrogens is 291 g/mol. The lowest BCUT2D eigenvalue weighted by molar-refractivity contribution is 0.602. The number of halogens is 1. The van der Waals surface area contributed by atoms with Crippen LogP contribution in [0.4, 0.5) is 4.39 Å². The molecule has 0 fully saturated rings. The number of aryl methyl sites for hydroxylation is 1. The van der Waals surface area contributed by atoms with Crippen LogP contribution in [0.3, 0.4) is 0 Å². The maximum Gasteiger partial charge on any atom is 0.177 e. The summed E-state index contributed by atoms with van der Waals surface area (Å²) in [5, 5.41) is 0. The van der Waals surface area contributed by atoms with Gasteiger partial charge in [0.1, 0.15) is 17.2 Å². The van der Waals surface area contributed by atoms with Gasteiger partial charge < -0.3 is 4.98 Å². The van der Waals surface area contributed by atoms with E-state index in [1.54, 1.807) is 37.3 Å². The second-order valence-electron chi connectivity index (χ2n) is 4.95. The lowest BCUT2D eigenvalue weighted by Gasteiger charge is -2.01. The van der Waals surface area contributed by atoms with Crippen LogP contribution < -0.4 is 0 Å². The van der Waals surface area contributed by atoms with E-state index in [1.807, 2.05) is 0 Å². The van der Waals surface area contributed by atoms with E-state index in [9.17, 15) is 12.8 Å². The van der Waals surface area contributed by atoms with Crippen molar-refractivity contribution in [1.82, 2.24) is 9.97 Å². The predicted molar refractivity (Wildman–Crippen MR) is 79.3 cm³/mol. The summed E-state index contributed by atoms with van der Waals surface area (Å²) in [5.41, 5.74) is 1.73. The van der Waals surface area contributed by atoms with Crippen molar-refractivity contribution in [2.75, 3.05) is 6.26 Å². The lowest BCUT2D eigenvalue weighted by Crippen LogP contribution is -1.97. The van der Waals surface area contributed by atoms with Crippen LogP contribution in [0, 0.1) is 12.7 Å². The summed E-state index contributed by atoms with van der Waals surface area (Å²) < 4.78 is 37.7. The fourth-order valence-corrected chi connectivity index (χ4v) is 3.10. The zero-order valence-electron chi connectivity index (χ0n) is 11.5. The third kappa shape index (κ3) is 2.31. The molecule has 4 nitrogen and oxygen atoms in total. The van der Waals surface area contributed by atoms with Crippen LogP contribution in [0.1, 0.15) is 5.56 Å². The minimum Gasteiger partial charge on any atom is -0.338 e. The molecule has 108 valence electrons. The van der Waals surface area contributed by atoms with Gasteiger partial charge in [0.15, 0.2) is 9.84 Å². The zero-order valence-corrected chi connectivity index (χ0v) is 12.3. The number of H-pyrrole nitrogens is 1. The van der Waals surface area contributed by atoms with Gasteiger partial charge in [0, 0.05) is 6.26 Å². The third-order valence-electron chi connectivity index (χ3n) is 3.32. The van der Waals surface area contributed by atoms with Crippen LogP contribution in [0.5, 0.6) is 0 Å². The number of para-hydroxylation sites is 1. The Bertz CT molecular complexity index is 945. The summed E-state index contributed by atoms with van der Waals surface area (Å²) in [5.74, 6) is -0.0419. The molecule has 3 rings (SSSR count). The Morgan fingerprint density at radius 3 is 2.57 bits per heavy atom. The van der Waals surface area contributed by atoms with Crippen molar-refractivity contribution in [2.24, 2.45) is 0 Å². The fourth-order valence-electron chi connectivity index (χ4n) is 2.26. The summed E-state index contributed by atoms with van der Waals surface area (Å²) >= 11 is 0. The lowest BCUT2D eigenvalue weighted by atomic mass is 10.1. The van der Waals surface area contributed by atoms with Crippen molar-refractivity contribution >= 4 is 20.9 Å². The number of imidazole rings is 1. The molecule has 0 radical (unpaired) electrons. The number of fused-ring (bicyclic) bond motifs is 1. The van der Waals surface area contributed by atoms with Crippen molar-refractivity contribution in [3.63, 3.8) is 0 Å². The van der Waals surface area contributed by atoms with Crippen LogP contribution in [0.15, 0.2) is 41.3 Å². The van der Waals surface area contributed by atoms with E-state index < -0.39 is 9.84 Å². The van der Waals surface area contributed by atoms with Gasteiger partial charge in [-0.05, 0) is 30.7 Å². The first-order valence-corrected chi connectivity index (χ1v) is 8.21. The fraction of sp³-hybridized carbons (Fsp3) is 0.133. The van der Waals surface area contributed by atoms with Gasteiger partial charge in [-0.25, -0.2) is 17.8 Å². The van der Waals surface area contributed by atoms with Crippen LogP contribution in [-0.2, 0) is 9.84 Å². The van der Waals surface area contributed by atoms with Crippen LogP contribution >= 0.6 is 0 Å². The molecule has 2 aromatic carbocycles. The molecule has 0 aliphatic heterocycles.